The number of aliphatic carboxylic acids is 1. The lowest BCUT2D eigenvalue weighted by Crippen LogP contribution is -2.39. The minimum Gasteiger partial charge on any atom is -0.480 e. The molecule has 1 aliphatic heterocycles. The van der Waals surface area contributed by atoms with Crippen LogP contribution in [0.5, 0.6) is 0 Å². The first-order valence-electron chi connectivity index (χ1n) is 11.5. The van der Waals surface area contributed by atoms with Crippen molar-refractivity contribution < 1.29 is 9.90 Å². The molecule has 1 aromatic heterocycles. The summed E-state index contributed by atoms with van der Waals surface area (Å²) in [6, 6.07) is 8.20. The van der Waals surface area contributed by atoms with E-state index < -0.39 is 12.0 Å². The van der Waals surface area contributed by atoms with Crippen molar-refractivity contribution in [3.05, 3.63) is 56.8 Å². The molecule has 0 bridgehead atoms. The fourth-order valence-corrected chi connectivity index (χ4v) is 6.44. The molecule has 1 aliphatic carbocycles. The topological polar surface area (TPSA) is 52.9 Å². The zero-order valence-electron chi connectivity index (χ0n) is 19.2. The van der Waals surface area contributed by atoms with Crippen LogP contribution in [0.1, 0.15) is 60.1 Å². The third-order valence-electron chi connectivity index (χ3n) is 6.17. The second kappa shape index (κ2) is 10.3. The minimum atomic E-state index is -0.744. The van der Waals surface area contributed by atoms with E-state index in [1.165, 1.54) is 28.9 Å². The van der Waals surface area contributed by atoms with Crippen molar-refractivity contribution in [3.8, 4) is 0 Å². The van der Waals surface area contributed by atoms with E-state index in [9.17, 15) is 9.90 Å². The standard InChI is InChI=1S/C26H32N2O2S2/c1-17-15-18(2)24(19(3)16-17)27-26(28-12-4-8-22(28)25(29)30)32-14-5-7-21(20-10-11-20)23-9-6-13-31-23/h6,9,13,15-16,22H,4-5,7-8,10-12,14H2,1-3H3,(H,29,30)/b27-26+. The van der Waals surface area contributed by atoms with E-state index in [-0.39, 0.29) is 0 Å². The quantitative estimate of drug-likeness (QED) is 0.271. The zero-order valence-corrected chi connectivity index (χ0v) is 20.8. The molecule has 32 heavy (non-hydrogen) atoms. The number of benzene rings is 1. The van der Waals surface area contributed by atoms with Crippen LogP contribution in [-0.4, -0.2) is 39.5 Å². The van der Waals surface area contributed by atoms with Crippen molar-refractivity contribution >= 4 is 45.5 Å². The largest absolute Gasteiger partial charge is 0.480 e. The van der Waals surface area contributed by atoms with E-state index in [1.807, 2.05) is 16.2 Å². The van der Waals surface area contributed by atoms with Gasteiger partial charge in [0.25, 0.3) is 0 Å². The normalized spacial score (nSPS) is 18.3. The number of thiophene rings is 1. The van der Waals surface area contributed by atoms with Gasteiger partial charge in [0.1, 0.15) is 6.04 Å². The van der Waals surface area contributed by atoms with Gasteiger partial charge in [-0.25, -0.2) is 9.79 Å². The van der Waals surface area contributed by atoms with Gasteiger partial charge in [-0.05, 0) is 87.4 Å². The average Bonchev–Trinajstić information content (AvgIpc) is 3.22. The summed E-state index contributed by atoms with van der Waals surface area (Å²) < 4.78 is 0. The van der Waals surface area contributed by atoms with E-state index in [2.05, 4.69) is 50.4 Å². The van der Waals surface area contributed by atoms with Crippen LogP contribution < -0.4 is 0 Å². The third kappa shape index (κ3) is 5.46. The van der Waals surface area contributed by atoms with Crippen molar-refractivity contribution in [2.75, 3.05) is 12.3 Å². The van der Waals surface area contributed by atoms with Crippen LogP contribution in [0.25, 0.3) is 5.57 Å². The van der Waals surface area contributed by atoms with E-state index in [0.717, 1.165) is 53.5 Å². The Hall–Kier alpha value is -2.05. The molecule has 1 atom stereocenters. The molecule has 2 aliphatic rings. The molecule has 1 N–H and O–H groups in total. The van der Waals surface area contributed by atoms with Crippen molar-refractivity contribution in [2.45, 2.75) is 65.3 Å². The van der Waals surface area contributed by atoms with Gasteiger partial charge in [0, 0.05) is 17.2 Å². The Morgan fingerprint density at radius 2 is 2.00 bits per heavy atom. The van der Waals surface area contributed by atoms with Gasteiger partial charge in [-0.2, -0.15) is 0 Å². The minimum absolute atomic E-state index is 0.470. The Kier molecular flexibility index (Phi) is 7.41. The van der Waals surface area contributed by atoms with Crippen LogP contribution in [0.2, 0.25) is 0 Å². The van der Waals surface area contributed by atoms with Gasteiger partial charge in [0.05, 0.1) is 5.69 Å². The van der Waals surface area contributed by atoms with Crippen LogP contribution in [0.3, 0.4) is 0 Å². The summed E-state index contributed by atoms with van der Waals surface area (Å²) in [4.78, 5) is 20.4. The average molecular weight is 469 g/mol. The number of hydrogen-bond acceptors (Lipinski definition) is 4. The van der Waals surface area contributed by atoms with Gasteiger partial charge >= 0.3 is 5.97 Å². The highest BCUT2D eigenvalue weighted by Crippen LogP contribution is 2.40. The Balaban J connectivity index is 1.51. The summed E-state index contributed by atoms with van der Waals surface area (Å²) in [7, 11) is 0. The number of hydrogen-bond donors (Lipinski definition) is 1. The number of rotatable bonds is 7. The molecule has 170 valence electrons. The fourth-order valence-electron chi connectivity index (χ4n) is 4.58. The highest BCUT2D eigenvalue weighted by atomic mass is 32.2. The van der Waals surface area contributed by atoms with E-state index in [0.29, 0.717) is 6.42 Å². The fraction of sp³-hybridized carbons (Fsp3) is 0.462. The first-order chi connectivity index (χ1) is 15.4. The van der Waals surface area contributed by atoms with Crippen LogP contribution in [0, 0.1) is 20.8 Å². The lowest BCUT2D eigenvalue weighted by molar-refractivity contribution is -0.140. The molecule has 1 saturated heterocycles. The van der Waals surface area contributed by atoms with Crippen molar-refractivity contribution in [1.82, 2.24) is 4.90 Å². The first kappa shape index (κ1) is 23.1. The molecule has 4 rings (SSSR count). The Morgan fingerprint density at radius 3 is 2.62 bits per heavy atom. The van der Waals surface area contributed by atoms with Gasteiger partial charge in [-0.3, -0.25) is 0 Å². The molecule has 6 heteroatoms. The predicted octanol–water partition coefficient (Wildman–Crippen LogP) is 6.97. The molecule has 1 unspecified atom stereocenters. The maximum absolute atomic E-state index is 11.9. The summed E-state index contributed by atoms with van der Waals surface area (Å²) in [6.07, 6.45) is 6.23. The molecule has 0 radical (unpaired) electrons. The number of aliphatic imine (C=N–C) groups is 1. The Bertz CT molecular complexity index is 1010. The summed E-state index contributed by atoms with van der Waals surface area (Å²) >= 11 is 3.55. The number of carbonyl (C=O) groups is 1. The number of likely N-dealkylation sites (tertiary alicyclic amines) is 1. The molecule has 0 amide bonds. The van der Waals surface area contributed by atoms with Crippen molar-refractivity contribution in [2.24, 2.45) is 4.99 Å². The lowest BCUT2D eigenvalue weighted by atomic mass is 10.1. The SMILES string of the molecule is Cc1cc(C)c(/N=C(/SCCCC(=C2CC2)c2cccs2)N2CCCC2C(=O)O)c(C)c1. The lowest BCUT2D eigenvalue weighted by Gasteiger charge is -2.25. The number of allylic oxidation sites excluding steroid dienone is 2. The summed E-state index contributed by atoms with van der Waals surface area (Å²) in [5, 5.41) is 12.8. The second-order valence-electron chi connectivity index (χ2n) is 8.84. The van der Waals surface area contributed by atoms with Crippen LogP contribution >= 0.6 is 23.1 Å². The van der Waals surface area contributed by atoms with Crippen LogP contribution in [0.15, 0.2) is 40.2 Å². The maximum atomic E-state index is 11.9. The Labute approximate surface area is 199 Å². The molecule has 1 aromatic carbocycles. The van der Waals surface area contributed by atoms with Gasteiger partial charge in [-0.1, -0.05) is 41.1 Å². The van der Waals surface area contributed by atoms with E-state index in [4.69, 9.17) is 4.99 Å². The number of carboxylic acids is 1. The molecule has 2 fully saturated rings. The monoisotopic (exact) mass is 468 g/mol. The summed E-state index contributed by atoms with van der Waals surface area (Å²) in [5.41, 5.74) is 7.65. The Morgan fingerprint density at radius 1 is 1.25 bits per heavy atom. The van der Waals surface area contributed by atoms with Crippen LogP contribution in [-0.2, 0) is 4.79 Å². The number of thioether (sulfide) groups is 1. The summed E-state index contributed by atoms with van der Waals surface area (Å²) in [5.74, 6) is 0.194. The maximum Gasteiger partial charge on any atom is 0.326 e. The molecule has 0 spiro atoms. The molecule has 2 heterocycles. The zero-order chi connectivity index (χ0) is 22.7. The third-order valence-corrected chi connectivity index (χ3v) is 8.18. The van der Waals surface area contributed by atoms with Crippen molar-refractivity contribution in [3.63, 3.8) is 0 Å². The van der Waals surface area contributed by atoms with E-state index in [1.54, 1.807) is 17.3 Å². The molecule has 2 aromatic rings. The summed E-state index contributed by atoms with van der Waals surface area (Å²) in [6.45, 7) is 7.05. The van der Waals surface area contributed by atoms with Gasteiger partial charge in [-0.15, -0.1) is 11.3 Å². The molecular formula is C26H32N2O2S2. The smallest absolute Gasteiger partial charge is 0.326 e. The second-order valence-corrected chi connectivity index (χ2v) is 10.9. The molecule has 1 saturated carbocycles. The molecular weight excluding hydrogens is 436 g/mol. The number of nitrogens with zero attached hydrogens (tertiary/aromatic N) is 2. The highest BCUT2D eigenvalue weighted by molar-refractivity contribution is 8.13. The highest BCUT2D eigenvalue weighted by Gasteiger charge is 2.33. The first-order valence-corrected chi connectivity index (χ1v) is 13.3. The number of carboxylic acid groups (broad SMARTS) is 1. The van der Waals surface area contributed by atoms with E-state index >= 15 is 0 Å². The predicted molar refractivity (Wildman–Crippen MR) is 137 cm³/mol. The number of aryl methyl sites for hydroxylation is 3. The molecule has 4 nitrogen and oxygen atoms in total. The number of amidine groups is 1. The van der Waals surface area contributed by atoms with Gasteiger partial charge in [0.2, 0.25) is 0 Å². The van der Waals surface area contributed by atoms with Gasteiger partial charge < -0.3 is 10.0 Å². The van der Waals surface area contributed by atoms with Crippen molar-refractivity contribution in [1.29, 1.82) is 0 Å². The van der Waals surface area contributed by atoms with Gasteiger partial charge in [0.15, 0.2) is 5.17 Å². The van der Waals surface area contributed by atoms with Crippen LogP contribution in [0.4, 0.5) is 5.69 Å².